The molecule has 0 bridgehead atoms. The number of aliphatic hydroxyl groups is 2. The number of aliphatic hydroxyl groups excluding tert-OH is 2. The van der Waals surface area contributed by atoms with Gasteiger partial charge in [0.15, 0.2) is 27.5 Å². The molecule has 10 N–H and O–H groups in total. The number of hydrogen-bond donors (Lipinski definition) is 8. The highest BCUT2D eigenvalue weighted by molar-refractivity contribution is 7.91. The second-order valence-corrected chi connectivity index (χ2v) is 11.3. The van der Waals surface area contributed by atoms with E-state index in [4.69, 9.17) is 16.2 Å². The van der Waals surface area contributed by atoms with E-state index in [-0.39, 0.29) is 35.0 Å². The zero-order valence-electron chi connectivity index (χ0n) is 20.8. The third-order valence-corrected chi connectivity index (χ3v) is 7.84. The third kappa shape index (κ3) is 5.39. The third-order valence-electron chi connectivity index (χ3n) is 6.42. The number of amides is 2. The Bertz CT molecular complexity index is 1720. The van der Waals surface area contributed by atoms with Crippen molar-refractivity contribution in [3.63, 3.8) is 0 Å². The highest BCUT2D eigenvalue weighted by atomic mass is 32.2. The quantitative estimate of drug-likeness (QED) is 0.0954. The smallest absolute Gasteiger partial charge is 0.315 e. The number of carbonyl (C=O) groups excluding carboxylic acids is 1. The van der Waals surface area contributed by atoms with Crippen LogP contribution in [-0.4, -0.2) is 95.6 Å². The van der Waals surface area contributed by atoms with Gasteiger partial charge in [-0.1, -0.05) is 0 Å². The SMILES string of the molecule is Nc1nc2[nH]cc(CCCNC(=O)NCS(=O)(=O)C[C@H]3O[C@@H](n4cnc5c(N)ncnc54)C(O)C3O)c2c(=O)[nH]1. The standard InChI is InChI=1S/C21H27N11O7S/c22-15-12-17(27-6-26-15)32(7-28-12)19-14(34)13(33)10(39-19)5-40(37,38)8-29-21(36)24-3-1-2-9-4-25-16-11(9)18(35)31-20(23)30-16/h4,6-7,10,13-14,19,33-34H,1-3,5,8H2,(H2,22,26,27)(H2,24,29,36)(H4,23,25,30,31,35)/t10-,13?,14?,19-/m1/s1. The minimum atomic E-state index is -3.95. The zero-order chi connectivity index (χ0) is 28.6. The molecule has 1 fully saturated rings. The van der Waals surface area contributed by atoms with Crippen LogP contribution in [0.3, 0.4) is 0 Å². The van der Waals surface area contributed by atoms with Gasteiger partial charge in [-0.05, 0) is 18.4 Å². The molecule has 2 unspecified atom stereocenters. The Morgan fingerprint density at radius 3 is 2.77 bits per heavy atom. The molecule has 4 aromatic heterocycles. The Morgan fingerprint density at radius 2 is 1.98 bits per heavy atom. The number of H-pyrrole nitrogens is 2. The van der Waals surface area contributed by atoms with Gasteiger partial charge in [0.25, 0.3) is 5.56 Å². The lowest BCUT2D eigenvalue weighted by atomic mass is 10.1. The van der Waals surface area contributed by atoms with Crippen LogP contribution in [0, 0.1) is 0 Å². The molecule has 214 valence electrons. The normalized spacial score (nSPS) is 21.2. The Labute approximate surface area is 225 Å². The fourth-order valence-corrected chi connectivity index (χ4v) is 5.74. The molecule has 40 heavy (non-hydrogen) atoms. The lowest BCUT2D eigenvalue weighted by Gasteiger charge is -2.16. The van der Waals surface area contributed by atoms with Crippen molar-refractivity contribution >= 4 is 49.8 Å². The topological polar surface area (TPSA) is 282 Å². The van der Waals surface area contributed by atoms with Crippen molar-refractivity contribution in [1.29, 1.82) is 0 Å². The number of rotatable bonds is 9. The molecule has 4 aromatic rings. The minimum absolute atomic E-state index is 0.00307. The van der Waals surface area contributed by atoms with Gasteiger partial charge in [0.2, 0.25) is 5.95 Å². The molecule has 1 aliphatic rings. The Hall–Kier alpha value is -4.33. The van der Waals surface area contributed by atoms with E-state index >= 15 is 0 Å². The second kappa shape index (κ2) is 10.7. The molecule has 0 radical (unpaired) electrons. The molecule has 0 saturated carbocycles. The van der Waals surface area contributed by atoms with Gasteiger partial charge >= 0.3 is 6.03 Å². The molecule has 5 heterocycles. The van der Waals surface area contributed by atoms with Crippen LogP contribution in [-0.2, 0) is 21.0 Å². The van der Waals surface area contributed by atoms with Crippen molar-refractivity contribution in [2.45, 2.75) is 37.4 Å². The summed E-state index contributed by atoms with van der Waals surface area (Å²) < 4.78 is 32.3. The molecule has 1 saturated heterocycles. The monoisotopic (exact) mass is 577 g/mol. The Balaban J connectivity index is 1.10. The van der Waals surface area contributed by atoms with Crippen LogP contribution in [0.5, 0.6) is 0 Å². The molecule has 4 atom stereocenters. The number of imidazole rings is 1. The first-order valence-corrected chi connectivity index (χ1v) is 13.9. The summed E-state index contributed by atoms with van der Waals surface area (Å²) >= 11 is 0. The molecule has 19 heteroatoms. The van der Waals surface area contributed by atoms with Gasteiger partial charge in [-0.15, -0.1) is 0 Å². The fourth-order valence-electron chi connectivity index (χ4n) is 4.50. The molecule has 18 nitrogen and oxygen atoms in total. The van der Waals surface area contributed by atoms with Crippen LogP contribution < -0.4 is 27.7 Å². The molecule has 0 aliphatic carbocycles. The van der Waals surface area contributed by atoms with Gasteiger partial charge in [0.1, 0.15) is 41.7 Å². The molecule has 5 rings (SSSR count). The van der Waals surface area contributed by atoms with E-state index in [2.05, 4.69) is 40.5 Å². The van der Waals surface area contributed by atoms with Crippen molar-refractivity contribution in [3.05, 3.63) is 34.8 Å². The number of nitrogens with two attached hydrogens (primary N) is 2. The van der Waals surface area contributed by atoms with E-state index in [0.717, 1.165) is 0 Å². The number of aromatic nitrogens is 7. The molecule has 2 amide bonds. The highest BCUT2D eigenvalue weighted by Gasteiger charge is 2.46. The van der Waals surface area contributed by atoms with Gasteiger partial charge in [-0.3, -0.25) is 14.3 Å². The van der Waals surface area contributed by atoms with Crippen LogP contribution in [0.25, 0.3) is 22.2 Å². The number of anilines is 2. The number of carbonyl (C=O) groups is 1. The molecule has 1 aliphatic heterocycles. The van der Waals surface area contributed by atoms with Gasteiger partial charge in [0, 0.05) is 12.7 Å². The zero-order valence-corrected chi connectivity index (χ0v) is 21.6. The van der Waals surface area contributed by atoms with Gasteiger partial charge in [0.05, 0.1) is 17.5 Å². The number of nitrogen functional groups attached to an aromatic ring is 2. The van der Waals surface area contributed by atoms with E-state index in [9.17, 15) is 28.2 Å². The Morgan fingerprint density at radius 1 is 1.18 bits per heavy atom. The predicted octanol–water partition coefficient (Wildman–Crippen LogP) is -2.52. The molecular weight excluding hydrogens is 550 g/mol. The van der Waals surface area contributed by atoms with Crippen LogP contribution in [0.2, 0.25) is 0 Å². The van der Waals surface area contributed by atoms with Gasteiger partial charge < -0.3 is 42.0 Å². The van der Waals surface area contributed by atoms with Crippen molar-refractivity contribution in [2.75, 3.05) is 29.6 Å². The predicted molar refractivity (Wildman–Crippen MR) is 140 cm³/mol. The summed E-state index contributed by atoms with van der Waals surface area (Å²) in [5.41, 5.74) is 12.5. The van der Waals surface area contributed by atoms with Crippen LogP contribution in [0.4, 0.5) is 16.6 Å². The number of aromatic amines is 2. The average Bonchev–Trinajstić information content (AvgIpc) is 3.58. The number of urea groups is 1. The molecule has 0 aromatic carbocycles. The minimum Gasteiger partial charge on any atom is -0.387 e. The van der Waals surface area contributed by atoms with Crippen molar-refractivity contribution in [2.24, 2.45) is 0 Å². The van der Waals surface area contributed by atoms with E-state index in [1.807, 2.05) is 0 Å². The summed E-state index contributed by atoms with van der Waals surface area (Å²) in [6, 6.07) is -0.720. The van der Waals surface area contributed by atoms with Crippen molar-refractivity contribution in [3.8, 4) is 0 Å². The number of fused-ring (bicyclic) bond motifs is 2. The summed E-state index contributed by atoms with van der Waals surface area (Å²) in [6.45, 7) is 0.199. The summed E-state index contributed by atoms with van der Waals surface area (Å²) in [4.78, 5) is 45.6. The highest BCUT2D eigenvalue weighted by Crippen LogP contribution is 2.32. The maximum atomic E-state index is 12.6. The maximum absolute atomic E-state index is 12.6. The molecule has 0 spiro atoms. The van der Waals surface area contributed by atoms with E-state index in [1.54, 1.807) is 6.20 Å². The maximum Gasteiger partial charge on any atom is 0.315 e. The summed E-state index contributed by atoms with van der Waals surface area (Å²) in [5, 5.41) is 26.2. The summed E-state index contributed by atoms with van der Waals surface area (Å²) in [6.07, 6.45) is -0.442. The first kappa shape index (κ1) is 27.2. The van der Waals surface area contributed by atoms with Gasteiger partial charge in [-0.2, -0.15) is 4.98 Å². The summed E-state index contributed by atoms with van der Waals surface area (Å²) in [7, 11) is -3.95. The average molecular weight is 578 g/mol. The molecular formula is C21H27N11O7S. The lowest BCUT2D eigenvalue weighted by Crippen LogP contribution is -2.42. The van der Waals surface area contributed by atoms with Crippen molar-refractivity contribution < 1.29 is 28.2 Å². The lowest BCUT2D eigenvalue weighted by molar-refractivity contribution is -0.0292. The summed E-state index contributed by atoms with van der Waals surface area (Å²) in [5.74, 6) is -1.29. The van der Waals surface area contributed by atoms with E-state index in [1.165, 1.54) is 17.2 Å². The van der Waals surface area contributed by atoms with E-state index in [0.29, 0.717) is 29.4 Å². The van der Waals surface area contributed by atoms with Crippen LogP contribution >= 0.6 is 0 Å². The number of hydrogen-bond acceptors (Lipinski definition) is 13. The number of nitrogens with one attached hydrogen (secondary N) is 4. The number of nitrogens with zero attached hydrogens (tertiary/aromatic N) is 5. The number of sulfone groups is 1. The van der Waals surface area contributed by atoms with Crippen LogP contribution in [0.1, 0.15) is 18.2 Å². The second-order valence-electron chi connectivity index (χ2n) is 9.21. The van der Waals surface area contributed by atoms with Crippen molar-refractivity contribution in [1.82, 2.24) is 45.1 Å². The largest absolute Gasteiger partial charge is 0.387 e. The van der Waals surface area contributed by atoms with E-state index < -0.39 is 52.0 Å². The number of aryl methyl sites for hydroxylation is 1. The first-order valence-electron chi connectivity index (χ1n) is 12.1. The van der Waals surface area contributed by atoms with Crippen LogP contribution in [0.15, 0.2) is 23.6 Å². The van der Waals surface area contributed by atoms with Gasteiger partial charge in [-0.25, -0.2) is 28.2 Å². The first-order chi connectivity index (χ1) is 19.0. The fraction of sp³-hybridized carbons (Fsp3) is 0.429. The number of ether oxygens (including phenoxy) is 1. The Kier molecular flexibility index (Phi) is 7.27.